The van der Waals surface area contributed by atoms with Crippen LogP contribution in [0.3, 0.4) is 0 Å². The molecule has 11 heteroatoms. The van der Waals surface area contributed by atoms with Gasteiger partial charge in [-0.05, 0) is 17.7 Å². The molecule has 3 N–H and O–H groups in total. The zero-order valence-electron chi connectivity index (χ0n) is 16.7. The van der Waals surface area contributed by atoms with Gasteiger partial charge in [0.2, 0.25) is 0 Å². The van der Waals surface area contributed by atoms with Gasteiger partial charge in [-0.2, -0.15) is 18.3 Å². The van der Waals surface area contributed by atoms with Gasteiger partial charge in [-0.25, -0.2) is 9.07 Å². The summed E-state index contributed by atoms with van der Waals surface area (Å²) < 4.78 is 60.5. The first-order valence-electron chi connectivity index (χ1n) is 10.2. The largest absolute Gasteiger partial charge is 0.410 e. The van der Waals surface area contributed by atoms with Crippen molar-refractivity contribution in [2.24, 2.45) is 0 Å². The quantitative estimate of drug-likeness (QED) is 0.611. The Hall–Kier alpha value is -2.66. The Bertz CT molecular complexity index is 909. The van der Waals surface area contributed by atoms with Gasteiger partial charge in [0.15, 0.2) is 11.7 Å². The summed E-state index contributed by atoms with van der Waals surface area (Å²) in [6.07, 6.45) is -4.86. The average molecular weight is 442 g/mol. The van der Waals surface area contributed by atoms with E-state index in [-0.39, 0.29) is 17.9 Å². The minimum Gasteiger partial charge on any atom is -0.370 e. The fourth-order valence-corrected chi connectivity index (χ4v) is 3.95. The molecular weight excluding hydrogens is 418 g/mol. The highest BCUT2D eigenvalue weighted by Gasteiger charge is 2.46. The predicted molar refractivity (Wildman–Crippen MR) is 103 cm³/mol. The molecule has 0 unspecified atom stereocenters. The highest BCUT2D eigenvalue weighted by Crippen LogP contribution is 2.43. The minimum atomic E-state index is -4.55. The molecule has 2 aliphatic rings. The number of benzene rings is 1. The van der Waals surface area contributed by atoms with E-state index in [1.807, 2.05) is 0 Å². The topological polar surface area (TPSA) is 72.6 Å². The second kappa shape index (κ2) is 8.83. The van der Waals surface area contributed by atoms with Crippen LogP contribution in [-0.2, 0) is 4.74 Å². The van der Waals surface area contributed by atoms with Crippen molar-refractivity contribution in [1.29, 1.82) is 0 Å². The third-order valence-corrected chi connectivity index (χ3v) is 5.66. The van der Waals surface area contributed by atoms with Crippen LogP contribution in [-0.4, -0.2) is 61.3 Å². The van der Waals surface area contributed by atoms with Crippen molar-refractivity contribution in [3.8, 4) is 0 Å². The van der Waals surface area contributed by atoms with E-state index in [9.17, 15) is 22.4 Å². The Balaban J connectivity index is 1.48. The summed E-state index contributed by atoms with van der Waals surface area (Å²) in [6.45, 7) is 4.17. The van der Waals surface area contributed by atoms with Gasteiger partial charge in [-0.1, -0.05) is 12.1 Å². The summed E-state index contributed by atoms with van der Waals surface area (Å²) in [7, 11) is 0. The number of ether oxygens (including phenoxy) is 1. The molecule has 1 fully saturated rings. The number of rotatable bonds is 5. The third kappa shape index (κ3) is 4.99. The van der Waals surface area contributed by atoms with Gasteiger partial charge < -0.3 is 20.3 Å². The Labute approximate surface area is 176 Å². The molecule has 0 spiro atoms. The van der Waals surface area contributed by atoms with Gasteiger partial charge in [-0.3, -0.25) is 4.79 Å². The molecule has 2 aromatic rings. The van der Waals surface area contributed by atoms with Crippen LogP contribution >= 0.6 is 0 Å². The molecule has 7 nitrogen and oxygen atoms in total. The number of nitrogens with one attached hydrogen (secondary N) is 3. The fraction of sp³-hybridized carbons (Fsp3) is 0.500. The Kier molecular flexibility index (Phi) is 6.15. The van der Waals surface area contributed by atoms with Crippen LogP contribution in [0.5, 0.6) is 0 Å². The number of aromatic nitrogens is 2. The molecule has 0 radical (unpaired) electrons. The third-order valence-electron chi connectivity index (χ3n) is 5.66. The number of halogens is 4. The molecule has 1 saturated heterocycles. The van der Waals surface area contributed by atoms with E-state index in [4.69, 9.17) is 4.74 Å². The standard InChI is InChI=1S/C20H23F4N5O2/c21-14-3-1-13(2-4-14)15-11-17(20(22,23)24)29-18(26-15)12-16(27-29)19(30)25-5-6-28-7-9-31-10-8-28/h1-4,12,15,17,26H,5-11H2,(H,25,30)/p+1/t15-,17+/m1/s1. The van der Waals surface area contributed by atoms with Crippen molar-refractivity contribution in [1.82, 2.24) is 15.1 Å². The molecule has 168 valence electrons. The Morgan fingerprint density at radius 3 is 2.65 bits per heavy atom. The lowest BCUT2D eigenvalue weighted by Crippen LogP contribution is -3.14. The maximum Gasteiger partial charge on any atom is 0.410 e. The van der Waals surface area contributed by atoms with E-state index in [0.29, 0.717) is 31.9 Å². The summed E-state index contributed by atoms with van der Waals surface area (Å²) in [5.74, 6) is -0.877. The number of amides is 1. The molecule has 1 aromatic heterocycles. The van der Waals surface area contributed by atoms with E-state index in [1.165, 1.54) is 35.2 Å². The highest BCUT2D eigenvalue weighted by molar-refractivity contribution is 5.93. The van der Waals surface area contributed by atoms with Gasteiger partial charge in [0.1, 0.15) is 24.7 Å². The van der Waals surface area contributed by atoms with Crippen LogP contribution in [0.15, 0.2) is 30.3 Å². The summed E-state index contributed by atoms with van der Waals surface area (Å²) in [5.41, 5.74) is 0.455. The van der Waals surface area contributed by atoms with Crippen molar-refractivity contribution in [2.75, 3.05) is 44.7 Å². The van der Waals surface area contributed by atoms with Gasteiger partial charge >= 0.3 is 6.18 Å². The molecule has 1 amide bonds. The van der Waals surface area contributed by atoms with Gasteiger partial charge in [0, 0.05) is 12.5 Å². The Morgan fingerprint density at radius 2 is 1.97 bits per heavy atom. The Morgan fingerprint density at radius 1 is 1.26 bits per heavy atom. The number of hydrogen-bond donors (Lipinski definition) is 3. The summed E-state index contributed by atoms with van der Waals surface area (Å²) in [5, 5.41) is 9.67. The number of morpholine rings is 1. The summed E-state index contributed by atoms with van der Waals surface area (Å²) >= 11 is 0. The van der Waals surface area contributed by atoms with Crippen molar-refractivity contribution >= 4 is 11.7 Å². The monoisotopic (exact) mass is 442 g/mol. The number of nitrogens with zero attached hydrogens (tertiary/aromatic N) is 2. The SMILES string of the molecule is O=C(NCC[NH+]1CCOCC1)c1cc2n(n1)[C@H](C(F)(F)F)C[C@H](c1ccc(F)cc1)N2. The second-order valence-electron chi connectivity index (χ2n) is 7.77. The first kappa shape index (κ1) is 21.6. The van der Waals surface area contributed by atoms with Gasteiger partial charge in [0.05, 0.1) is 32.3 Å². The number of carbonyl (C=O) groups excluding carboxylic acids is 1. The molecule has 2 atom stereocenters. The summed E-state index contributed by atoms with van der Waals surface area (Å²) in [6, 6.07) is 4.07. The smallest absolute Gasteiger partial charge is 0.370 e. The van der Waals surface area contributed by atoms with E-state index < -0.39 is 30.0 Å². The number of alkyl halides is 3. The number of carbonyl (C=O) groups is 1. The molecule has 0 aliphatic carbocycles. The first-order chi connectivity index (χ1) is 14.8. The van der Waals surface area contributed by atoms with Crippen LogP contribution in [0.25, 0.3) is 0 Å². The summed E-state index contributed by atoms with van der Waals surface area (Å²) in [4.78, 5) is 13.8. The van der Waals surface area contributed by atoms with Gasteiger partial charge in [0.25, 0.3) is 5.91 Å². The van der Waals surface area contributed by atoms with E-state index >= 15 is 0 Å². The zero-order chi connectivity index (χ0) is 22.0. The van der Waals surface area contributed by atoms with Crippen molar-refractivity contribution in [2.45, 2.75) is 24.7 Å². The molecule has 31 heavy (non-hydrogen) atoms. The molecule has 0 saturated carbocycles. The van der Waals surface area contributed by atoms with Crippen LogP contribution < -0.4 is 15.5 Å². The average Bonchev–Trinajstić information content (AvgIpc) is 3.18. The highest BCUT2D eigenvalue weighted by atomic mass is 19.4. The molecule has 1 aromatic carbocycles. The van der Waals surface area contributed by atoms with E-state index in [0.717, 1.165) is 17.8 Å². The molecule has 3 heterocycles. The molecule has 2 aliphatic heterocycles. The minimum absolute atomic E-state index is 0.0755. The van der Waals surface area contributed by atoms with Gasteiger partial charge in [-0.15, -0.1) is 0 Å². The van der Waals surface area contributed by atoms with Crippen LogP contribution in [0.1, 0.15) is 34.6 Å². The number of hydrogen-bond acceptors (Lipinski definition) is 4. The molecular formula is C20H24F4N5O2+. The fourth-order valence-electron chi connectivity index (χ4n) is 3.95. The maximum atomic E-state index is 13.7. The maximum absolute atomic E-state index is 13.7. The van der Waals surface area contributed by atoms with Crippen LogP contribution in [0.4, 0.5) is 23.4 Å². The zero-order valence-corrected chi connectivity index (χ0v) is 16.7. The van der Waals surface area contributed by atoms with Crippen LogP contribution in [0.2, 0.25) is 0 Å². The number of fused-ring (bicyclic) bond motifs is 1. The normalized spacial score (nSPS) is 21.9. The van der Waals surface area contributed by atoms with Crippen molar-refractivity contribution < 1.29 is 32.0 Å². The van der Waals surface area contributed by atoms with Crippen molar-refractivity contribution in [3.05, 3.63) is 47.4 Å². The lowest BCUT2D eigenvalue weighted by atomic mass is 9.97. The van der Waals surface area contributed by atoms with Crippen LogP contribution in [0, 0.1) is 5.82 Å². The first-order valence-corrected chi connectivity index (χ1v) is 10.2. The lowest BCUT2D eigenvalue weighted by molar-refractivity contribution is -0.906. The van der Waals surface area contributed by atoms with Crippen molar-refractivity contribution in [3.63, 3.8) is 0 Å². The second-order valence-corrected chi connectivity index (χ2v) is 7.77. The number of anilines is 1. The van der Waals surface area contributed by atoms with E-state index in [1.54, 1.807) is 0 Å². The predicted octanol–water partition coefficient (Wildman–Crippen LogP) is 1.33. The lowest BCUT2D eigenvalue weighted by Gasteiger charge is -2.33. The number of quaternary nitrogens is 1. The van der Waals surface area contributed by atoms with E-state index in [2.05, 4.69) is 15.7 Å². The molecule has 0 bridgehead atoms. The molecule has 4 rings (SSSR count).